The summed E-state index contributed by atoms with van der Waals surface area (Å²) in [6.07, 6.45) is 0.606. The van der Waals surface area contributed by atoms with Crippen LogP contribution in [0.2, 0.25) is 0 Å². The fourth-order valence-corrected chi connectivity index (χ4v) is 2.15. The molecule has 0 radical (unpaired) electrons. The summed E-state index contributed by atoms with van der Waals surface area (Å²) in [7, 11) is 3.22. The predicted molar refractivity (Wildman–Crippen MR) is 71.4 cm³/mol. The lowest BCUT2D eigenvalue weighted by molar-refractivity contribution is -0.221. The van der Waals surface area contributed by atoms with Crippen LogP contribution in [0.25, 0.3) is 0 Å². The Morgan fingerprint density at radius 3 is 2.58 bits per heavy atom. The molecular weight excluding hydrogens is 246 g/mol. The maximum atomic E-state index is 9.39. The zero-order valence-electron chi connectivity index (χ0n) is 11.4. The molecule has 0 bridgehead atoms. The predicted octanol–water partition coefficient (Wildman–Crippen LogP) is 1.91. The molecule has 1 aliphatic heterocycles. The van der Waals surface area contributed by atoms with Crippen molar-refractivity contribution in [3.05, 3.63) is 29.8 Å². The van der Waals surface area contributed by atoms with Crippen molar-refractivity contribution >= 4 is 5.71 Å². The molecule has 1 aromatic rings. The van der Waals surface area contributed by atoms with Gasteiger partial charge in [-0.15, -0.1) is 0 Å². The molecule has 5 heteroatoms. The lowest BCUT2D eigenvalue weighted by Gasteiger charge is -2.34. The first-order valence-corrected chi connectivity index (χ1v) is 6.17. The Hall–Kier alpha value is -1.59. The molecule has 104 valence electrons. The Balaban J connectivity index is 2.28. The van der Waals surface area contributed by atoms with Gasteiger partial charge in [-0.25, -0.2) is 0 Å². The number of ether oxygens (including phenoxy) is 2. The second-order valence-corrected chi connectivity index (χ2v) is 4.70. The molecule has 5 nitrogen and oxygen atoms in total. The van der Waals surface area contributed by atoms with E-state index in [0.29, 0.717) is 12.1 Å². The van der Waals surface area contributed by atoms with E-state index in [1.807, 2.05) is 31.2 Å². The minimum absolute atomic E-state index is 0.0189. The lowest BCUT2D eigenvalue weighted by atomic mass is 9.87. The monoisotopic (exact) mass is 265 g/mol. The molecule has 0 saturated heterocycles. The van der Waals surface area contributed by atoms with E-state index in [0.717, 1.165) is 11.3 Å². The summed E-state index contributed by atoms with van der Waals surface area (Å²) in [4.78, 5) is 5.30. The highest BCUT2D eigenvalue weighted by Gasteiger charge is 2.37. The Kier molecular flexibility index (Phi) is 4.07. The minimum atomic E-state index is -0.761. The van der Waals surface area contributed by atoms with Crippen molar-refractivity contribution in [3.8, 4) is 5.75 Å². The summed E-state index contributed by atoms with van der Waals surface area (Å²) in [5, 5.41) is 13.4. The van der Waals surface area contributed by atoms with E-state index in [-0.39, 0.29) is 12.5 Å². The Bertz CT molecular complexity index is 457. The molecule has 0 amide bonds. The first-order chi connectivity index (χ1) is 9.11. The van der Waals surface area contributed by atoms with Gasteiger partial charge in [-0.2, -0.15) is 0 Å². The summed E-state index contributed by atoms with van der Waals surface area (Å²) >= 11 is 0. The lowest BCUT2D eigenvalue weighted by Crippen LogP contribution is -2.38. The number of benzene rings is 1. The molecule has 0 spiro atoms. The highest BCUT2D eigenvalue weighted by Crippen LogP contribution is 2.35. The fraction of sp³-hybridized carbons (Fsp3) is 0.500. The number of methoxy groups -OCH3 is 2. The van der Waals surface area contributed by atoms with Crippen LogP contribution in [-0.2, 0) is 9.57 Å². The number of hydrogen-bond donors (Lipinski definition) is 1. The minimum Gasteiger partial charge on any atom is -0.497 e. The van der Waals surface area contributed by atoms with Gasteiger partial charge in [0.05, 0.1) is 19.4 Å². The number of aliphatic hydroxyl groups is 1. The quantitative estimate of drug-likeness (QED) is 0.903. The molecule has 0 aliphatic carbocycles. The van der Waals surface area contributed by atoms with Gasteiger partial charge in [-0.3, -0.25) is 0 Å². The Labute approximate surface area is 112 Å². The fourth-order valence-electron chi connectivity index (χ4n) is 2.15. The Morgan fingerprint density at radius 1 is 1.37 bits per heavy atom. The molecule has 19 heavy (non-hydrogen) atoms. The van der Waals surface area contributed by atoms with Crippen LogP contribution >= 0.6 is 0 Å². The van der Waals surface area contributed by atoms with Gasteiger partial charge in [-0.05, 0) is 17.7 Å². The SMILES string of the molecule is COc1ccc([C@@H]2C[C@@](C)(OC)ON=C2CO)cc1. The molecular formula is C14H19NO4. The first kappa shape index (κ1) is 13.8. The van der Waals surface area contributed by atoms with Gasteiger partial charge in [0.2, 0.25) is 5.79 Å². The molecule has 1 aromatic carbocycles. The average molecular weight is 265 g/mol. The summed E-state index contributed by atoms with van der Waals surface area (Å²) in [5.41, 5.74) is 1.67. The van der Waals surface area contributed by atoms with Crippen molar-refractivity contribution in [1.82, 2.24) is 0 Å². The highest BCUT2D eigenvalue weighted by atomic mass is 16.8. The largest absolute Gasteiger partial charge is 0.497 e. The molecule has 1 heterocycles. The topological polar surface area (TPSA) is 60.3 Å². The smallest absolute Gasteiger partial charge is 0.234 e. The van der Waals surface area contributed by atoms with Crippen LogP contribution in [0.5, 0.6) is 5.75 Å². The number of nitrogens with zero attached hydrogens (tertiary/aromatic N) is 1. The second-order valence-electron chi connectivity index (χ2n) is 4.70. The molecule has 1 aliphatic rings. The van der Waals surface area contributed by atoms with Gasteiger partial charge >= 0.3 is 0 Å². The summed E-state index contributed by atoms with van der Waals surface area (Å²) in [5.74, 6) is 0.0194. The molecule has 2 atom stereocenters. The molecule has 0 fully saturated rings. The summed E-state index contributed by atoms with van der Waals surface area (Å²) < 4.78 is 10.5. The summed E-state index contributed by atoms with van der Waals surface area (Å²) in [6, 6.07) is 7.72. The second kappa shape index (κ2) is 5.59. The third kappa shape index (κ3) is 2.88. The highest BCUT2D eigenvalue weighted by molar-refractivity contribution is 5.92. The van der Waals surface area contributed by atoms with Gasteiger partial charge in [-0.1, -0.05) is 17.3 Å². The number of rotatable bonds is 4. The van der Waals surface area contributed by atoms with Crippen molar-refractivity contribution in [2.45, 2.75) is 25.0 Å². The van der Waals surface area contributed by atoms with Crippen LogP contribution in [0.3, 0.4) is 0 Å². The Morgan fingerprint density at radius 2 is 2.05 bits per heavy atom. The van der Waals surface area contributed by atoms with E-state index in [2.05, 4.69) is 5.16 Å². The number of aliphatic hydroxyl groups excluding tert-OH is 1. The van der Waals surface area contributed by atoms with Crippen molar-refractivity contribution in [2.24, 2.45) is 5.16 Å². The van der Waals surface area contributed by atoms with Gasteiger partial charge in [0.1, 0.15) is 5.75 Å². The van der Waals surface area contributed by atoms with Gasteiger partial charge in [0.15, 0.2) is 0 Å². The van der Waals surface area contributed by atoms with Crippen molar-refractivity contribution in [2.75, 3.05) is 20.8 Å². The zero-order chi connectivity index (χ0) is 13.9. The maximum absolute atomic E-state index is 9.39. The first-order valence-electron chi connectivity index (χ1n) is 6.17. The molecule has 0 unspecified atom stereocenters. The van der Waals surface area contributed by atoms with E-state index >= 15 is 0 Å². The van der Waals surface area contributed by atoms with Crippen LogP contribution < -0.4 is 4.74 Å². The van der Waals surface area contributed by atoms with Crippen molar-refractivity contribution in [1.29, 1.82) is 0 Å². The van der Waals surface area contributed by atoms with Crippen LogP contribution in [0.1, 0.15) is 24.8 Å². The van der Waals surface area contributed by atoms with Gasteiger partial charge in [0.25, 0.3) is 0 Å². The number of oxime groups is 1. The third-order valence-electron chi connectivity index (χ3n) is 3.45. The van der Waals surface area contributed by atoms with E-state index < -0.39 is 5.79 Å². The molecule has 2 rings (SSSR count). The van der Waals surface area contributed by atoms with Crippen LogP contribution in [-0.4, -0.2) is 37.4 Å². The van der Waals surface area contributed by atoms with E-state index in [1.54, 1.807) is 14.2 Å². The zero-order valence-corrected chi connectivity index (χ0v) is 11.4. The number of hydrogen-bond acceptors (Lipinski definition) is 5. The third-order valence-corrected chi connectivity index (χ3v) is 3.45. The van der Waals surface area contributed by atoms with Crippen molar-refractivity contribution < 1.29 is 19.4 Å². The van der Waals surface area contributed by atoms with Gasteiger partial charge < -0.3 is 19.4 Å². The van der Waals surface area contributed by atoms with Crippen molar-refractivity contribution in [3.63, 3.8) is 0 Å². The standard InChI is InChI=1S/C14H19NO4/c1-14(18-3)8-12(13(9-16)15-19-14)10-4-6-11(17-2)7-5-10/h4-7,12,16H,8-9H2,1-3H3/t12-,14-/m0/s1. The van der Waals surface area contributed by atoms with E-state index in [9.17, 15) is 5.11 Å². The van der Waals surface area contributed by atoms with E-state index in [1.165, 1.54) is 0 Å². The van der Waals surface area contributed by atoms with E-state index in [4.69, 9.17) is 14.3 Å². The molecule has 1 N–H and O–H groups in total. The normalized spacial score (nSPS) is 26.5. The molecule has 0 saturated carbocycles. The average Bonchev–Trinajstić information content (AvgIpc) is 2.47. The maximum Gasteiger partial charge on any atom is 0.234 e. The molecule has 0 aromatic heterocycles. The van der Waals surface area contributed by atoms with Crippen LogP contribution in [0.4, 0.5) is 0 Å². The van der Waals surface area contributed by atoms with Crippen LogP contribution in [0, 0.1) is 0 Å². The summed E-state index contributed by atoms with van der Waals surface area (Å²) in [6.45, 7) is 1.71. The van der Waals surface area contributed by atoms with Gasteiger partial charge in [0, 0.05) is 26.4 Å². The van der Waals surface area contributed by atoms with Crippen LogP contribution in [0.15, 0.2) is 29.4 Å².